The number of hydrogen-bond acceptors (Lipinski definition) is 20. The molecule has 15 rings (SSSR count). The summed E-state index contributed by atoms with van der Waals surface area (Å²) in [4.78, 5) is 92.2. The van der Waals surface area contributed by atoms with Gasteiger partial charge in [-0.05, 0) is 206 Å². The normalized spacial score (nSPS) is 14.2. The summed E-state index contributed by atoms with van der Waals surface area (Å²) in [7, 11) is 9.46. The van der Waals surface area contributed by atoms with Gasteiger partial charge in [-0.1, -0.05) is 101 Å². The van der Waals surface area contributed by atoms with Crippen molar-refractivity contribution in [3.63, 3.8) is 0 Å². The Morgan fingerprint density at radius 1 is 0.743 bits per heavy atom. The molecule has 576 valence electrons. The van der Waals surface area contributed by atoms with Gasteiger partial charge in [-0.15, -0.1) is 11.8 Å². The number of nitrogens with zero attached hydrogens (tertiary/aromatic N) is 10. The van der Waals surface area contributed by atoms with Gasteiger partial charge in [-0.3, -0.25) is 54.9 Å². The van der Waals surface area contributed by atoms with Crippen molar-refractivity contribution in [3.8, 4) is 5.75 Å². The zero-order chi connectivity index (χ0) is 80.1. The van der Waals surface area contributed by atoms with Crippen molar-refractivity contribution in [1.82, 2.24) is 9.88 Å². The first-order valence-corrected chi connectivity index (χ1v) is 38.6. The number of aryl methyl sites for hydroxylation is 1. The lowest BCUT2D eigenvalue weighted by atomic mass is 9.99. The number of anilines is 4. The maximum absolute atomic E-state index is 12.7. The number of halogens is 1. The maximum Gasteiger partial charge on any atom is 0.338 e. The molecule has 9 aromatic carbocycles. The highest BCUT2D eigenvalue weighted by Crippen LogP contribution is 2.39. The number of rotatable bonds is 21. The Morgan fingerprint density at radius 3 is 2.09 bits per heavy atom. The molecule has 1 aliphatic carbocycles. The van der Waals surface area contributed by atoms with Gasteiger partial charge in [0.2, 0.25) is 11.8 Å². The fourth-order valence-corrected chi connectivity index (χ4v) is 13.7. The Bertz CT molecular complexity index is 5340. The van der Waals surface area contributed by atoms with Crippen LogP contribution in [0.15, 0.2) is 271 Å². The van der Waals surface area contributed by atoms with Crippen LogP contribution in [-0.2, 0) is 33.7 Å². The van der Waals surface area contributed by atoms with E-state index in [0.717, 1.165) is 81.9 Å². The highest BCUT2D eigenvalue weighted by molar-refractivity contribution is 9.10. The number of fused-ring (bicyclic) bond motifs is 3. The number of aromatic nitrogens is 1. The van der Waals surface area contributed by atoms with Gasteiger partial charge in [0.1, 0.15) is 29.3 Å². The van der Waals surface area contributed by atoms with Crippen molar-refractivity contribution in [3.05, 3.63) is 329 Å². The Labute approximate surface area is 669 Å². The predicted molar refractivity (Wildman–Crippen MR) is 453 cm³/mol. The second kappa shape index (κ2) is 38.9. The highest BCUT2D eigenvalue weighted by Gasteiger charge is 2.32. The highest BCUT2D eigenvalue weighted by atomic mass is 79.9. The fraction of sp³-hybridized carbons (Fsp3) is 0.213. The molecule has 1 saturated heterocycles. The molecule has 0 radical (unpaired) electrons. The molecule has 1 N–H and O–H groups in total. The number of carbonyl (C=O) groups excluding carboxylic acids is 4. The first-order chi connectivity index (χ1) is 54.6. The molecule has 0 saturated carbocycles. The summed E-state index contributed by atoms with van der Waals surface area (Å²) in [6.07, 6.45) is 9.73. The van der Waals surface area contributed by atoms with Crippen LogP contribution in [0.25, 0.3) is 16.5 Å². The Balaban J connectivity index is 0.000000140. The lowest BCUT2D eigenvalue weighted by molar-refractivity contribution is -0.384. The second-order valence-electron chi connectivity index (χ2n) is 27.3. The number of methoxy groups -OCH3 is 1. The average Bonchev–Trinajstić information content (AvgIpc) is 1.64. The van der Waals surface area contributed by atoms with Crippen molar-refractivity contribution < 1.29 is 42.9 Å². The number of carbonyl (C=O) groups is 4. The Hall–Kier alpha value is -12.5. The van der Waals surface area contributed by atoms with Gasteiger partial charge in [-0.2, -0.15) is 5.10 Å². The van der Waals surface area contributed by atoms with Crippen LogP contribution in [0.5, 0.6) is 5.75 Å². The van der Waals surface area contributed by atoms with Crippen molar-refractivity contribution >= 4 is 120 Å². The molecule has 4 aliphatic rings. The molecular formula is C89H86BrN11O11S. The number of para-hydroxylation sites is 2. The molecule has 1 unspecified atom stereocenters. The number of ketones is 2. The first kappa shape index (κ1) is 81.5. The van der Waals surface area contributed by atoms with E-state index < -0.39 is 21.9 Å². The van der Waals surface area contributed by atoms with Gasteiger partial charge in [0.15, 0.2) is 17.6 Å². The Kier molecular flexibility index (Phi) is 28.1. The second-order valence-corrected chi connectivity index (χ2v) is 29.1. The van der Waals surface area contributed by atoms with Gasteiger partial charge in [-0.25, -0.2) is 9.79 Å². The van der Waals surface area contributed by atoms with Crippen LogP contribution in [0.2, 0.25) is 0 Å². The van der Waals surface area contributed by atoms with Crippen molar-refractivity contribution in [1.29, 1.82) is 0 Å². The molecule has 113 heavy (non-hydrogen) atoms. The number of nitrogens with one attached hydrogen (secondary N) is 1. The smallest absolute Gasteiger partial charge is 0.338 e. The molecule has 0 spiro atoms. The van der Waals surface area contributed by atoms with E-state index in [2.05, 4.69) is 101 Å². The van der Waals surface area contributed by atoms with E-state index >= 15 is 0 Å². The quantitative estimate of drug-likeness (QED) is 0.0175. The zero-order valence-electron chi connectivity index (χ0n) is 64.0. The minimum Gasteiger partial charge on any atom is -0.497 e. The number of ether oxygens (including phenoxy) is 2. The number of amides is 1. The van der Waals surface area contributed by atoms with E-state index in [-0.39, 0.29) is 41.3 Å². The van der Waals surface area contributed by atoms with E-state index in [1.54, 1.807) is 91.0 Å². The molecule has 24 heteroatoms. The van der Waals surface area contributed by atoms with Crippen molar-refractivity contribution in [2.75, 3.05) is 87.9 Å². The van der Waals surface area contributed by atoms with Crippen LogP contribution in [-0.4, -0.2) is 135 Å². The topological polar surface area (TPSA) is 261 Å². The molecule has 2 aromatic heterocycles. The molecule has 0 bridgehead atoms. The summed E-state index contributed by atoms with van der Waals surface area (Å²) >= 11 is 5.18. The maximum atomic E-state index is 12.7. The van der Waals surface area contributed by atoms with Crippen LogP contribution in [0.3, 0.4) is 0 Å². The number of benzene rings is 9. The molecule has 5 heterocycles. The van der Waals surface area contributed by atoms with E-state index in [1.807, 2.05) is 166 Å². The number of hydrazone groups is 1. The largest absolute Gasteiger partial charge is 0.497 e. The number of thioether (sulfide) groups is 1. The molecule has 3 aliphatic heterocycles. The number of furan rings is 1. The van der Waals surface area contributed by atoms with Gasteiger partial charge in [0.05, 0.1) is 40.1 Å². The summed E-state index contributed by atoms with van der Waals surface area (Å²) in [5, 5.41) is 26.5. The third kappa shape index (κ3) is 21.8. The molecular weight excluding hydrogens is 1510 g/mol. The molecule has 1 amide bonds. The number of pyridine rings is 1. The zero-order valence-corrected chi connectivity index (χ0v) is 66.4. The molecule has 22 nitrogen and oxygen atoms in total. The van der Waals surface area contributed by atoms with E-state index in [4.69, 9.17) is 13.9 Å². The van der Waals surface area contributed by atoms with Crippen LogP contribution in [0, 0.1) is 27.2 Å². The van der Waals surface area contributed by atoms with Crippen LogP contribution >= 0.6 is 27.7 Å². The van der Waals surface area contributed by atoms with Crippen LogP contribution in [0.1, 0.15) is 97.3 Å². The van der Waals surface area contributed by atoms with Gasteiger partial charge >= 0.3 is 5.97 Å². The first-order valence-electron chi connectivity index (χ1n) is 36.6. The SMILES string of the molecule is CC(=NCC(=O)c1ccc(N2CCCC2=O)cc1)c1ccccn1.CN(C)c1ccc(/C=N/Nc2ccccc2[N+](=O)[O-])cc1.CN(C)c1ccc(CC2N=C(c3cccc([N+](=O)[O-])c3)OC2=O)cc1.COc1ccc2oc(C)c(C(=O)c3ccc(Br)cc3)c2c1.CSc1ccc(CN2CCC3=C(Cc4ccccc43)C2)cc1. The van der Waals surface area contributed by atoms with E-state index in [1.165, 1.54) is 58.8 Å². The number of cyclic esters (lactones) is 1. The number of nitro benzene ring substituents is 2. The number of aliphatic imine (C=N–C) groups is 2. The molecule has 1 fully saturated rings. The predicted octanol–water partition coefficient (Wildman–Crippen LogP) is 18.0. The van der Waals surface area contributed by atoms with Crippen molar-refractivity contribution in [2.45, 2.75) is 63.4 Å². The fourth-order valence-electron chi connectivity index (χ4n) is 13.1. The Morgan fingerprint density at radius 2 is 1.42 bits per heavy atom. The molecule has 1 atom stereocenters. The number of nitro groups is 2. The summed E-state index contributed by atoms with van der Waals surface area (Å²) in [6, 6.07) is 70.8. The summed E-state index contributed by atoms with van der Waals surface area (Å²) in [6.45, 7) is 7.87. The van der Waals surface area contributed by atoms with E-state index in [0.29, 0.717) is 57.9 Å². The number of Topliss-reactive ketones (excluding diaryl/α,β-unsaturated/α-hetero) is 1. The number of hydrogen-bond donors (Lipinski definition) is 1. The lowest BCUT2D eigenvalue weighted by Gasteiger charge is -2.28. The minimum atomic E-state index is -0.639. The third-order valence-corrected chi connectivity index (χ3v) is 20.4. The van der Waals surface area contributed by atoms with Crippen molar-refractivity contribution in [2.24, 2.45) is 15.1 Å². The summed E-state index contributed by atoms with van der Waals surface area (Å²) < 4.78 is 17.1. The standard InChI is InChI=1S/C20H21NS.C19H19N3O2.C18H17N3O4.C17H13BrO3.C15H16N4O2/c1-22-18-8-6-15(7-9-18)13-21-11-10-20-17(14-21)12-16-4-2-3-5-19(16)20;1-14(17-5-2-3-11-20-17)21-13-18(23)15-7-9-16(10-8-15)22-12-4-6-19(22)24;1-20(2)14-8-6-12(7-9-14)10-16-18(22)25-17(19-16)13-4-3-5-15(11-13)21(23)24;1-10-16(17(19)11-3-5-12(18)6-4-11)14-9-13(20-2)7-8-15(14)21-10;1-18(2)13-9-7-12(8-10-13)11-16-17-14-5-3-4-6-15(14)19(20)21/h2-9H,10-14H2,1H3;2-3,5,7-11H,4,6,12-13H2,1H3;3-9,11,16H,10H2,1-2H3;3-9H,1-2H3;3-11,17H,1-2H3/b;;;;16-11+. The molecule has 11 aromatic rings. The summed E-state index contributed by atoms with van der Waals surface area (Å²) in [5.41, 5.74) is 20.1. The third-order valence-electron chi connectivity index (χ3n) is 19.1. The number of non-ortho nitro benzene ring substituents is 1. The number of esters is 1. The summed E-state index contributed by atoms with van der Waals surface area (Å²) in [5.74, 6) is 1.04. The lowest BCUT2D eigenvalue weighted by Crippen LogP contribution is -2.30. The average molecular weight is 1600 g/mol. The van der Waals surface area contributed by atoms with Crippen LogP contribution in [0.4, 0.5) is 34.1 Å². The van der Waals surface area contributed by atoms with Crippen LogP contribution < -0.4 is 24.9 Å². The monoisotopic (exact) mass is 1600 g/mol. The minimum absolute atomic E-state index is 0.00222. The van der Waals surface area contributed by atoms with E-state index in [9.17, 15) is 39.4 Å². The van der Waals surface area contributed by atoms with Gasteiger partial charge < -0.3 is 28.6 Å². The van der Waals surface area contributed by atoms with Gasteiger partial charge in [0.25, 0.3) is 11.4 Å². The van der Waals surface area contributed by atoms with Gasteiger partial charge in [0, 0.05) is 140 Å².